The first-order valence-corrected chi connectivity index (χ1v) is 18.0. The second kappa shape index (κ2) is 32.5. The number of carbonyl (C=O) groups excluding carboxylic acids is 1. The Balaban J connectivity index is 3.35. The smallest absolute Gasteiger partial charge is 0.306 e. The van der Waals surface area contributed by atoms with Gasteiger partial charge in [-0.15, -0.1) is 0 Å². The maximum absolute atomic E-state index is 12.2. The van der Waals surface area contributed by atoms with Crippen molar-refractivity contribution in [3.8, 4) is 0 Å². The van der Waals surface area contributed by atoms with E-state index in [2.05, 4.69) is 13.8 Å². The molecule has 0 heterocycles. The Morgan fingerprint density at radius 1 is 0.450 bits per heavy atom. The van der Waals surface area contributed by atoms with Gasteiger partial charge in [-0.1, -0.05) is 174 Å². The van der Waals surface area contributed by atoms with Crippen LogP contribution in [0.25, 0.3) is 0 Å². The summed E-state index contributed by atoms with van der Waals surface area (Å²) in [5.41, 5.74) is 0. The summed E-state index contributed by atoms with van der Waals surface area (Å²) in [6.07, 6.45) is 37.7. The molecule has 0 fully saturated rings. The lowest BCUT2D eigenvalue weighted by molar-refractivity contribution is -0.150. The van der Waals surface area contributed by atoms with Gasteiger partial charge in [-0.3, -0.25) is 9.59 Å². The molecule has 4 nitrogen and oxygen atoms in total. The molecule has 0 aromatic heterocycles. The van der Waals surface area contributed by atoms with Crippen LogP contribution in [0.3, 0.4) is 0 Å². The molecule has 0 saturated heterocycles. The topological polar surface area (TPSA) is 63.6 Å². The van der Waals surface area contributed by atoms with Crippen LogP contribution in [-0.2, 0) is 14.3 Å². The molecular weight excluding hydrogens is 496 g/mol. The maximum Gasteiger partial charge on any atom is 0.306 e. The van der Waals surface area contributed by atoms with Gasteiger partial charge in [0.05, 0.1) is 0 Å². The molecule has 4 heteroatoms. The quantitative estimate of drug-likeness (QED) is 0.0633. The van der Waals surface area contributed by atoms with E-state index in [1.165, 1.54) is 141 Å². The summed E-state index contributed by atoms with van der Waals surface area (Å²) >= 11 is 0. The van der Waals surface area contributed by atoms with Crippen molar-refractivity contribution in [2.24, 2.45) is 0 Å². The zero-order chi connectivity index (χ0) is 29.4. The molecule has 0 bridgehead atoms. The van der Waals surface area contributed by atoms with E-state index in [9.17, 15) is 9.59 Å². The van der Waals surface area contributed by atoms with Crippen LogP contribution in [-0.4, -0.2) is 23.1 Å². The van der Waals surface area contributed by atoms with Crippen LogP contribution in [0.5, 0.6) is 0 Å². The summed E-state index contributed by atoms with van der Waals surface area (Å²) in [6, 6.07) is 0. The lowest BCUT2D eigenvalue weighted by Crippen LogP contribution is -2.18. The SMILES string of the molecule is CCCCCCCCCCCCCCCCCCCCCCCCCCC(=O)OC(CCCC)CCCC(=O)O. The highest BCUT2D eigenvalue weighted by Crippen LogP contribution is 2.17. The monoisotopic (exact) mass is 567 g/mol. The van der Waals surface area contributed by atoms with Gasteiger partial charge >= 0.3 is 11.9 Å². The van der Waals surface area contributed by atoms with Crippen molar-refractivity contribution in [3.05, 3.63) is 0 Å². The number of aliphatic carboxylic acids is 1. The highest BCUT2D eigenvalue weighted by molar-refractivity contribution is 5.69. The van der Waals surface area contributed by atoms with E-state index in [0.717, 1.165) is 32.1 Å². The van der Waals surface area contributed by atoms with Crippen LogP contribution in [0.1, 0.15) is 213 Å². The van der Waals surface area contributed by atoms with Crippen LogP contribution in [0.15, 0.2) is 0 Å². The van der Waals surface area contributed by atoms with E-state index in [1.54, 1.807) is 0 Å². The molecule has 238 valence electrons. The standard InChI is InChI=1S/C36H70O4/c1-3-5-7-8-9-10-11-12-13-14-15-16-17-18-19-20-21-22-23-24-25-26-27-28-33-36(39)40-34(30-6-4-2)31-29-32-35(37)38/h34H,3-33H2,1-2H3,(H,37,38). The van der Waals surface area contributed by atoms with Crippen LogP contribution >= 0.6 is 0 Å². The molecule has 1 atom stereocenters. The van der Waals surface area contributed by atoms with Crippen molar-refractivity contribution in [1.29, 1.82) is 0 Å². The normalized spacial score (nSPS) is 12.1. The van der Waals surface area contributed by atoms with Crippen LogP contribution < -0.4 is 0 Å². The first kappa shape index (κ1) is 38.9. The molecule has 0 spiro atoms. The molecule has 0 aromatic carbocycles. The van der Waals surface area contributed by atoms with Gasteiger partial charge in [-0.25, -0.2) is 0 Å². The number of ether oxygens (including phenoxy) is 1. The van der Waals surface area contributed by atoms with Crippen molar-refractivity contribution in [2.75, 3.05) is 0 Å². The average molecular weight is 567 g/mol. The second-order valence-electron chi connectivity index (χ2n) is 12.4. The maximum atomic E-state index is 12.2. The fourth-order valence-electron chi connectivity index (χ4n) is 5.65. The largest absolute Gasteiger partial charge is 0.481 e. The van der Waals surface area contributed by atoms with Crippen LogP contribution in [0.2, 0.25) is 0 Å². The van der Waals surface area contributed by atoms with Crippen molar-refractivity contribution >= 4 is 11.9 Å². The van der Waals surface area contributed by atoms with Gasteiger partial charge in [-0.05, 0) is 25.7 Å². The Morgan fingerprint density at radius 2 is 0.775 bits per heavy atom. The lowest BCUT2D eigenvalue weighted by Gasteiger charge is -2.17. The predicted molar refractivity (Wildman–Crippen MR) is 172 cm³/mol. The molecule has 0 radical (unpaired) electrons. The molecule has 0 saturated carbocycles. The number of hydrogen-bond donors (Lipinski definition) is 1. The second-order valence-corrected chi connectivity index (χ2v) is 12.4. The van der Waals surface area contributed by atoms with E-state index >= 15 is 0 Å². The number of unbranched alkanes of at least 4 members (excludes halogenated alkanes) is 24. The number of rotatable bonds is 33. The van der Waals surface area contributed by atoms with E-state index < -0.39 is 5.97 Å². The van der Waals surface area contributed by atoms with Crippen LogP contribution in [0, 0.1) is 0 Å². The molecule has 0 aliphatic carbocycles. The average Bonchev–Trinajstić information content (AvgIpc) is 2.93. The first-order chi connectivity index (χ1) is 19.6. The highest BCUT2D eigenvalue weighted by Gasteiger charge is 2.14. The molecule has 40 heavy (non-hydrogen) atoms. The zero-order valence-electron chi connectivity index (χ0n) is 27.2. The Hall–Kier alpha value is -1.06. The predicted octanol–water partition coefficient (Wildman–Crippen LogP) is 12.1. The summed E-state index contributed by atoms with van der Waals surface area (Å²) in [4.78, 5) is 22.9. The van der Waals surface area contributed by atoms with Crippen molar-refractivity contribution in [2.45, 2.75) is 219 Å². The third kappa shape index (κ3) is 31.5. The summed E-state index contributed by atoms with van der Waals surface area (Å²) in [5, 5.41) is 8.83. The third-order valence-electron chi connectivity index (χ3n) is 8.33. The number of esters is 1. The summed E-state index contributed by atoms with van der Waals surface area (Å²) < 4.78 is 5.65. The van der Waals surface area contributed by atoms with E-state index in [1.807, 2.05) is 0 Å². The molecule has 1 N–H and O–H groups in total. The first-order valence-electron chi connectivity index (χ1n) is 18.0. The van der Waals surface area contributed by atoms with E-state index in [0.29, 0.717) is 19.3 Å². The van der Waals surface area contributed by atoms with Gasteiger partial charge in [0.25, 0.3) is 0 Å². The summed E-state index contributed by atoms with van der Waals surface area (Å²) in [6.45, 7) is 4.41. The lowest BCUT2D eigenvalue weighted by atomic mass is 10.0. The van der Waals surface area contributed by atoms with Crippen molar-refractivity contribution < 1.29 is 19.4 Å². The van der Waals surface area contributed by atoms with Gasteiger partial charge in [0.15, 0.2) is 0 Å². The molecule has 0 aromatic rings. The Kier molecular flexibility index (Phi) is 31.6. The molecule has 1 unspecified atom stereocenters. The number of hydrogen-bond acceptors (Lipinski definition) is 3. The third-order valence-corrected chi connectivity index (χ3v) is 8.33. The van der Waals surface area contributed by atoms with Gasteiger partial charge in [0.2, 0.25) is 0 Å². The summed E-state index contributed by atoms with van der Waals surface area (Å²) in [5.74, 6) is -0.879. The minimum atomic E-state index is -0.777. The Morgan fingerprint density at radius 3 is 1.12 bits per heavy atom. The molecule has 0 amide bonds. The Labute approximate surface area is 250 Å². The molecule has 0 rings (SSSR count). The fraction of sp³-hybridized carbons (Fsp3) is 0.944. The highest BCUT2D eigenvalue weighted by atomic mass is 16.5. The number of carboxylic acid groups (broad SMARTS) is 1. The fourth-order valence-corrected chi connectivity index (χ4v) is 5.65. The number of carbonyl (C=O) groups is 2. The summed E-state index contributed by atoms with van der Waals surface area (Å²) in [7, 11) is 0. The van der Waals surface area contributed by atoms with Crippen molar-refractivity contribution in [1.82, 2.24) is 0 Å². The molecule has 0 aliphatic heterocycles. The van der Waals surface area contributed by atoms with E-state index in [-0.39, 0.29) is 18.5 Å². The zero-order valence-corrected chi connectivity index (χ0v) is 27.2. The number of carboxylic acids is 1. The Bertz CT molecular complexity index is 533. The van der Waals surface area contributed by atoms with Crippen LogP contribution in [0.4, 0.5) is 0 Å². The molecule has 0 aliphatic rings. The van der Waals surface area contributed by atoms with Gasteiger partial charge < -0.3 is 9.84 Å². The van der Waals surface area contributed by atoms with Gasteiger partial charge in [-0.2, -0.15) is 0 Å². The van der Waals surface area contributed by atoms with Crippen molar-refractivity contribution in [3.63, 3.8) is 0 Å². The minimum absolute atomic E-state index is 0.102. The van der Waals surface area contributed by atoms with Gasteiger partial charge in [0.1, 0.15) is 6.10 Å². The van der Waals surface area contributed by atoms with E-state index in [4.69, 9.17) is 9.84 Å². The molecular formula is C36H70O4. The van der Waals surface area contributed by atoms with Gasteiger partial charge in [0, 0.05) is 12.8 Å². The minimum Gasteiger partial charge on any atom is -0.481 e.